The Kier molecular flexibility index (Phi) is 5.96. The number of hydrogen-bond acceptors (Lipinski definition) is 3. The lowest BCUT2D eigenvalue weighted by Gasteiger charge is -2.14. The number of thiophene rings is 1. The molecule has 0 aliphatic rings. The molecule has 3 aromatic heterocycles. The molecule has 4 nitrogen and oxygen atoms in total. The van der Waals surface area contributed by atoms with Gasteiger partial charge in [0.1, 0.15) is 0 Å². The van der Waals surface area contributed by atoms with Crippen LogP contribution in [0.5, 0.6) is 0 Å². The van der Waals surface area contributed by atoms with Gasteiger partial charge in [0.25, 0.3) is 0 Å². The summed E-state index contributed by atoms with van der Waals surface area (Å²) >= 11 is 1.60. The number of benzene rings is 7. The van der Waals surface area contributed by atoms with Crippen LogP contribution < -0.4 is 5.46 Å². The molecule has 0 saturated carbocycles. The second kappa shape index (κ2) is 10.4. The molecule has 0 amide bonds. The van der Waals surface area contributed by atoms with E-state index in [0.29, 0.717) is 5.46 Å². The molecular formula is C42H27BN2O2S. The molecule has 0 atom stereocenters. The van der Waals surface area contributed by atoms with Gasteiger partial charge in [0, 0.05) is 64.1 Å². The molecule has 0 spiro atoms. The van der Waals surface area contributed by atoms with E-state index in [1.165, 1.54) is 21.8 Å². The lowest BCUT2D eigenvalue weighted by molar-refractivity contribution is 0.426. The summed E-state index contributed by atoms with van der Waals surface area (Å²) in [5.41, 5.74) is 9.27. The van der Waals surface area contributed by atoms with Crippen LogP contribution in [0.25, 0.3) is 86.3 Å². The third kappa shape index (κ3) is 3.91. The first-order valence-corrected chi connectivity index (χ1v) is 16.9. The summed E-state index contributed by atoms with van der Waals surface area (Å²) < 4.78 is 6.68. The monoisotopic (exact) mass is 634 g/mol. The van der Waals surface area contributed by atoms with Crippen LogP contribution in [0.3, 0.4) is 0 Å². The van der Waals surface area contributed by atoms with Crippen molar-refractivity contribution in [2.75, 3.05) is 0 Å². The summed E-state index contributed by atoms with van der Waals surface area (Å²) in [4.78, 5) is 0. The van der Waals surface area contributed by atoms with Crippen LogP contribution in [0, 0.1) is 0 Å². The van der Waals surface area contributed by atoms with Crippen molar-refractivity contribution in [3.63, 3.8) is 0 Å². The van der Waals surface area contributed by atoms with Crippen molar-refractivity contribution in [3.05, 3.63) is 152 Å². The van der Waals surface area contributed by atoms with E-state index >= 15 is 0 Å². The second-order valence-electron chi connectivity index (χ2n) is 12.4. The minimum absolute atomic E-state index is 0.517. The highest BCUT2D eigenvalue weighted by Gasteiger charge is 2.23. The average Bonchev–Trinajstić information content (AvgIpc) is 3.79. The highest BCUT2D eigenvalue weighted by molar-refractivity contribution is 7.27. The zero-order valence-electron chi connectivity index (χ0n) is 25.7. The molecule has 2 N–H and O–H groups in total. The zero-order chi connectivity index (χ0) is 31.9. The van der Waals surface area contributed by atoms with Crippen LogP contribution in [0.2, 0.25) is 0 Å². The number of para-hydroxylation sites is 4. The molecule has 48 heavy (non-hydrogen) atoms. The van der Waals surface area contributed by atoms with E-state index in [1.807, 2.05) is 18.2 Å². The first kappa shape index (κ1) is 27.5. The Bertz CT molecular complexity index is 2880. The second-order valence-corrected chi connectivity index (χ2v) is 13.4. The zero-order valence-corrected chi connectivity index (χ0v) is 26.5. The standard InChI is InChI=1S/C42H27BN2O2S/c46-43(47)36-25-28(24-35-33-15-6-9-20-40(33)48-42(35)36)44-37-18-7-4-13-30(37)32-22-21-26(23-39(32)44)29-16-10-17-34-31-14-5-8-19-38(31)45(41(29)34)27-11-2-1-3-12-27/h1-25,46-47H. The Labute approximate surface area is 280 Å². The summed E-state index contributed by atoms with van der Waals surface area (Å²) in [5, 5.41) is 28.1. The Morgan fingerprint density at radius 2 is 1.10 bits per heavy atom. The number of nitrogens with zero attached hydrogens (tertiary/aromatic N) is 2. The van der Waals surface area contributed by atoms with Crippen LogP contribution >= 0.6 is 11.3 Å². The maximum atomic E-state index is 10.6. The fourth-order valence-electron chi connectivity index (χ4n) is 7.67. The van der Waals surface area contributed by atoms with Crippen LogP contribution in [0.15, 0.2) is 152 Å². The molecular weight excluding hydrogens is 607 g/mol. The molecule has 3 heterocycles. The molecule has 0 aliphatic heterocycles. The van der Waals surface area contributed by atoms with E-state index in [9.17, 15) is 10.0 Å². The number of hydrogen-bond donors (Lipinski definition) is 2. The molecule has 10 rings (SSSR count). The highest BCUT2D eigenvalue weighted by atomic mass is 32.1. The van der Waals surface area contributed by atoms with Gasteiger partial charge in [-0.25, -0.2) is 0 Å². The van der Waals surface area contributed by atoms with E-state index in [0.717, 1.165) is 64.5 Å². The molecule has 0 aliphatic carbocycles. The normalized spacial score (nSPS) is 12.0. The summed E-state index contributed by atoms with van der Waals surface area (Å²) in [6, 6.07) is 53.4. The molecule has 0 radical (unpaired) electrons. The molecule has 226 valence electrons. The smallest absolute Gasteiger partial charge is 0.423 e. The Morgan fingerprint density at radius 1 is 0.458 bits per heavy atom. The van der Waals surface area contributed by atoms with Gasteiger partial charge in [0.2, 0.25) is 0 Å². The number of aromatic nitrogens is 2. The van der Waals surface area contributed by atoms with Crippen molar-refractivity contribution in [1.29, 1.82) is 0 Å². The Hall–Kier alpha value is -5.66. The van der Waals surface area contributed by atoms with E-state index in [1.54, 1.807) is 11.3 Å². The van der Waals surface area contributed by atoms with Crippen LogP contribution in [-0.4, -0.2) is 26.3 Å². The van der Waals surface area contributed by atoms with E-state index < -0.39 is 7.12 Å². The van der Waals surface area contributed by atoms with E-state index in [4.69, 9.17) is 0 Å². The van der Waals surface area contributed by atoms with E-state index in [2.05, 4.69) is 143 Å². The highest BCUT2D eigenvalue weighted by Crippen LogP contribution is 2.41. The third-order valence-corrected chi connectivity index (χ3v) is 11.0. The predicted octanol–water partition coefficient (Wildman–Crippen LogP) is 9.60. The third-order valence-electron chi connectivity index (χ3n) is 9.72. The summed E-state index contributed by atoms with van der Waals surface area (Å²) in [6.45, 7) is 0. The lowest BCUT2D eigenvalue weighted by Crippen LogP contribution is -2.30. The summed E-state index contributed by atoms with van der Waals surface area (Å²) in [7, 11) is -1.60. The molecule has 0 saturated heterocycles. The van der Waals surface area contributed by atoms with Crippen molar-refractivity contribution < 1.29 is 10.0 Å². The first-order valence-electron chi connectivity index (χ1n) is 16.1. The minimum Gasteiger partial charge on any atom is -0.423 e. The van der Waals surface area contributed by atoms with Gasteiger partial charge < -0.3 is 19.2 Å². The molecule has 10 aromatic rings. The van der Waals surface area contributed by atoms with Crippen molar-refractivity contribution in [2.24, 2.45) is 0 Å². The maximum Gasteiger partial charge on any atom is 0.489 e. The van der Waals surface area contributed by atoms with E-state index in [-0.39, 0.29) is 0 Å². The molecule has 0 fully saturated rings. The SMILES string of the molecule is OB(O)c1cc(-n2c3ccccc3c3ccc(-c4cccc5c6ccccc6n(-c6ccccc6)c45)cc32)cc2c1sc1ccccc12. The van der Waals surface area contributed by atoms with Crippen molar-refractivity contribution in [2.45, 2.75) is 0 Å². The van der Waals surface area contributed by atoms with Crippen molar-refractivity contribution in [3.8, 4) is 22.5 Å². The summed E-state index contributed by atoms with van der Waals surface area (Å²) in [6.07, 6.45) is 0. The van der Waals surface area contributed by atoms with Gasteiger partial charge in [0.05, 0.1) is 22.1 Å². The van der Waals surface area contributed by atoms with Crippen LogP contribution in [-0.2, 0) is 0 Å². The van der Waals surface area contributed by atoms with Crippen LogP contribution in [0.1, 0.15) is 0 Å². The molecule has 6 heteroatoms. The number of fused-ring (bicyclic) bond motifs is 9. The van der Waals surface area contributed by atoms with Gasteiger partial charge in [-0.2, -0.15) is 0 Å². The fourth-order valence-corrected chi connectivity index (χ4v) is 8.89. The first-order chi connectivity index (χ1) is 23.7. The average molecular weight is 635 g/mol. The summed E-state index contributed by atoms with van der Waals surface area (Å²) in [5.74, 6) is 0. The van der Waals surface area contributed by atoms with Crippen molar-refractivity contribution in [1.82, 2.24) is 9.13 Å². The quantitative estimate of drug-likeness (QED) is 0.190. The van der Waals surface area contributed by atoms with Gasteiger partial charge >= 0.3 is 7.12 Å². The van der Waals surface area contributed by atoms with Gasteiger partial charge in [-0.15, -0.1) is 11.3 Å². The molecule has 7 aromatic carbocycles. The maximum absolute atomic E-state index is 10.6. The Balaban J connectivity index is 1.30. The van der Waals surface area contributed by atoms with Gasteiger partial charge in [-0.3, -0.25) is 0 Å². The number of rotatable bonds is 4. The van der Waals surface area contributed by atoms with Gasteiger partial charge in [-0.05, 0) is 54.1 Å². The van der Waals surface area contributed by atoms with Gasteiger partial charge in [-0.1, -0.05) is 103 Å². The molecule has 0 bridgehead atoms. The molecule has 0 unspecified atom stereocenters. The Morgan fingerprint density at radius 3 is 1.90 bits per heavy atom. The minimum atomic E-state index is -1.60. The topological polar surface area (TPSA) is 50.3 Å². The predicted molar refractivity (Wildman–Crippen MR) is 203 cm³/mol. The van der Waals surface area contributed by atoms with Crippen molar-refractivity contribution >= 4 is 87.7 Å². The van der Waals surface area contributed by atoms with Gasteiger partial charge in [0.15, 0.2) is 0 Å². The fraction of sp³-hybridized carbons (Fsp3) is 0. The van der Waals surface area contributed by atoms with Crippen LogP contribution in [0.4, 0.5) is 0 Å². The largest absolute Gasteiger partial charge is 0.489 e. The lowest BCUT2D eigenvalue weighted by atomic mass is 9.79.